The molecule has 106 valence electrons. The van der Waals surface area contributed by atoms with E-state index in [1.807, 2.05) is 34.0 Å². The largest absolute Gasteiger partial charge is 0.481 e. The Morgan fingerprint density at radius 2 is 1.72 bits per heavy atom. The maximum absolute atomic E-state index is 11.9. The molecule has 0 spiro atoms. The van der Waals surface area contributed by atoms with Gasteiger partial charge in [-0.2, -0.15) is 11.8 Å². The fourth-order valence-corrected chi connectivity index (χ4v) is 1.85. The average Bonchev–Trinajstić information content (AvgIpc) is 2.33. The maximum Gasteiger partial charge on any atom is 0.310 e. The molecule has 0 bridgehead atoms. The number of carbonyl (C=O) groups is 2. The van der Waals surface area contributed by atoms with E-state index in [0.717, 1.165) is 0 Å². The molecule has 0 aromatic heterocycles. The second-order valence-electron chi connectivity index (χ2n) is 5.21. The van der Waals surface area contributed by atoms with Crippen molar-refractivity contribution in [2.24, 2.45) is 5.41 Å². The van der Waals surface area contributed by atoms with E-state index in [0.29, 0.717) is 19.4 Å². The molecule has 0 aliphatic carbocycles. The molecule has 0 aliphatic heterocycles. The summed E-state index contributed by atoms with van der Waals surface area (Å²) >= 11 is 1.67. The van der Waals surface area contributed by atoms with Gasteiger partial charge in [0.2, 0.25) is 5.91 Å². The van der Waals surface area contributed by atoms with Gasteiger partial charge >= 0.3 is 5.97 Å². The summed E-state index contributed by atoms with van der Waals surface area (Å²) in [4.78, 5) is 23.2. The highest BCUT2D eigenvalue weighted by molar-refractivity contribution is 7.99. The van der Waals surface area contributed by atoms with E-state index in [9.17, 15) is 14.7 Å². The Morgan fingerprint density at radius 3 is 2.06 bits per heavy atom. The zero-order valence-corrected chi connectivity index (χ0v) is 12.8. The molecule has 2 N–H and O–H groups in total. The number of nitrogens with one attached hydrogen (secondary N) is 1. The third-order valence-corrected chi connectivity index (χ3v) is 4.82. The summed E-state index contributed by atoms with van der Waals surface area (Å²) in [5.41, 5.74) is -0.923. The van der Waals surface area contributed by atoms with Crippen LogP contribution < -0.4 is 5.32 Å². The van der Waals surface area contributed by atoms with Gasteiger partial charge in [0, 0.05) is 17.7 Å². The fourth-order valence-electron chi connectivity index (χ4n) is 1.63. The van der Waals surface area contributed by atoms with Gasteiger partial charge in [0.25, 0.3) is 0 Å². The minimum atomic E-state index is -0.923. The van der Waals surface area contributed by atoms with Gasteiger partial charge < -0.3 is 10.4 Å². The van der Waals surface area contributed by atoms with Gasteiger partial charge in [0.15, 0.2) is 0 Å². The SMILES string of the molecule is CCC(CC)(CC(=O)NCC(C)(C)SC)C(=O)O. The molecule has 0 atom stereocenters. The molecule has 5 heteroatoms. The van der Waals surface area contributed by atoms with E-state index in [4.69, 9.17) is 0 Å². The van der Waals surface area contributed by atoms with Crippen LogP contribution in [0.15, 0.2) is 0 Å². The molecule has 0 heterocycles. The van der Waals surface area contributed by atoms with Gasteiger partial charge in [-0.1, -0.05) is 13.8 Å². The van der Waals surface area contributed by atoms with Crippen molar-refractivity contribution in [2.75, 3.05) is 12.8 Å². The number of hydrogen-bond donors (Lipinski definition) is 2. The second kappa shape index (κ2) is 7.02. The number of hydrogen-bond acceptors (Lipinski definition) is 3. The summed E-state index contributed by atoms with van der Waals surface area (Å²) in [6.07, 6.45) is 2.99. The number of carbonyl (C=O) groups excluding carboxylic acids is 1. The maximum atomic E-state index is 11.9. The van der Waals surface area contributed by atoms with Crippen LogP contribution >= 0.6 is 11.8 Å². The summed E-state index contributed by atoms with van der Waals surface area (Å²) in [6, 6.07) is 0. The molecule has 0 aromatic carbocycles. The number of thioether (sulfide) groups is 1. The summed E-state index contributed by atoms with van der Waals surface area (Å²) in [6.45, 7) is 8.27. The molecule has 0 aliphatic rings. The van der Waals surface area contributed by atoms with Crippen LogP contribution in [0.25, 0.3) is 0 Å². The Morgan fingerprint density at radius 1 is 1.22 bits per heavy atom. The minimum Gasteiger partial charge on any atom is -0.481 e. The zero-order valence-electron chi connectivity index (χ0n) is 12.0. The number of carboxylic acid groups (broad SMARTS) is 1. The van der Waals surface area contributed by atoms with Gasteiger partial charge in [-0.05, 0) is 32.9 Å². The van der Waals surface area contributed by atoms with E-state index >= 15 is 0 Å². The molecule has 0 saturated carbocycles. The Bertz CT molecular complexity index is 299. The van der Waals surface area contributed by atoms with Crippen molar-refractivity contribution in [2.45, 2.75) is 51.7 Å². The molecular weight excluding hydrogens is 250 g/mol. The van der Waals surface area contributed by atoms with E-state index in [-0.39, 0.29) is 17.1 Å². The minimum absolute atomic E-state index is 0.0278. The van der Waals surface area contributed by atoms with Crippen LogP contribution in [0, 0.1) is 5.41 Å². The van der Waals surface area contributed by atoms with Crippen molar-refractivity contribution < 1.29 is 14.7 Å². The van der Waals surface area contributed by atoms with Gasteiger partial charge in [0.05, 0.1) is 5.41 Å². The van der Waals surface area contributed by atoms with Crippen molar-refractivity contribution in [1.29, 1.82) is 0 Å². The Balaban J connectivity index is 4.50. The normalized spacial score (nSPS) is 12.3. The fraction of sp³-hybridized carbons (Fsp3) is 0.846. The quantitative estimate of drug-likeness (QED) is 0.714. The van der Waals surface area contributed by atoms with Crippen molar-refractivity contribution in [3.63, 3.8) is 0 Å². The molecular formula is C13H25NO3S. The zero-order chi connectivity index (χ0) is 14.4. The van der Waals surface area contributed by atoms with Crippen molar-refractivity contribution >= 4 is 23.6 Å². The molecule has 0 saturated heterocycles. The lowest BCUT2D eigenvalue weighted by molar-refractivity contribution is -0.152. The van der Waals surface area contributed by atoms with Crippen molar-refractivity contribution in [3.05, 3.63) is 0 Å². The van der Waals surface area contributed by atoms with Gasteiger partial charge in [-0.25, -0.2) is 0 Å². The number of carboxylic acids is 1. The monoisotopic (exact) mass is 275 g/mol. The topological polar surface area (TPSA) is 66.4 Å². The van der Waals surface area contributed by atoms with Crippen LogP contribution in [0.3, 0.4) is 0 Å². The lowest BCUT2D eigenvalue weighted by Crippen LogP contribution is -2.41. The summed E-state index contributed by atoms with van der Waals surface area (Å²) < 4.78 is -0.0278. The molecule has 0 radical (unpaired) electrons. The molecule has 0 aromatic rings. The van der Waals surface area contributed by atoms with E-state index < -0.39 is 11.4 Å². The lowest BCUT2D eigenvalue weighted by Gasteiger charge is -2.27. The average molecular weight is 275 g/mol. The highest BCUT2D eigenvalue weighted by atomic mass is 32.2. The smallest absolute Gasteiger partial charge is 0.310 e. The molecule has 18 heavy (non-hydrogen) atoms. The third-order valence-electron chi connectivity index (χ3n) is 3.57. The summed E-state index contributed by atoms with van der Waals surface area (Å²) in [5, 5.41) is 12.1. The first kappa shape index (κ1) is 17.3. The Hall–Kier alpha value is -0.710. The second-order valence-corrected chi connectivity index (χ2v) is 6.72. The highest BCUT2D eigenvalue weighted by Gasteiger charge is 2.37. The number of amides is 1. The van der Waals surface area contributed by atoms with Crippen LogP contribution in [-0.4, -0.2) is 34.5 Å². The molecule has 4 nitrogen and oxygen atoms in total. The highest BCUT2D eigenvalue weighted by Crippen LogP contribution is 2.31. The molecule has 1 amide bonds. The van der Waals surface area contributed by atoms with Gasteiger partial charge in [0.1, 0.15) is 0 Å². The predicted molar refractivity (Wildman–Crippen MR) is 75.9 cm³/mol. The summed E-state index contributed by atoms with van der Waals surface area (Å²) in [5.74, 6) is -1.06. The standard InChI is InChI=1S/C13H25NO3S/c1-6-13(7-2,11(16)17)8-10(15)14-9-12(3,4)18-5/h6-9H2,1-5H3,(H,14,15)(H,16,17). The molecule has 0 rings (SSSR count). The molecule has 0 unspecified atom stereocenters. The lowest BCUT2D eigenvalue weighted by atomic mass is 9.79. The number of rotatable bonds is 8. The van der Waals surface area contributed by atoms with Crippen LogP contribution in [0.2, 0.25) is 0 Å². The van der Waals surface area contributed by atoms with Crippen molar-refractivity contribution in [1.82, 2.24) is 5.32 Å². The first-order valence-electron chi connectivity index (χ1n) is 6.28. The van der Waals surface area contributed by atoms with Crippen LogP contribution in [0.1, 0.15) is 47.0 Å². The number of aliphatic carboxylic acids is 1. The van der Waals surface area contributed by atoms with E-state index in [2.05, 4.69) is 5.32 Å². The predicted octanol–water partition coefficient (Wildman–Crippen LogP) is 2.53. The van der Waals surface area contributed by atoms with E-state index in [1.165, 1.54) is 0 Å². The van der Waals surface area contributed by atoms with Gasteiger partial charge in [-0.15, -0.1) is 0 Å². The Labute approximate surface area is 114 Å². The molecule has 0 fully saturated rings. The van der Waals surface area contributed by atoms with Crippen LogP contribution in [0.4, 0.5) is 0 Å². The van der Waals surface area contributed by atoms with Gasteiger partial charge in [-0.3, -0.25) is 9.59 Å². The van der Waals surface area contributed by atoms with Crippen LogP contribution in [0.5, 0.6) is 0 Å². The van der Waals surface area contributed by atoms with E-state index in [1.54, 1.807) is 11.8 Å². The van der Waals surface area contributed by atoms with Crippen LogP contribution in [-0.2, 0) is 9.59 Å². The van der Waals surface area contributed by atoms with Crippen molar-refractivity contribution in [3.8, 4) is 0 Å². The first-order valence-corrected chi connectivity index (χ1v) is 7.50. The Kier molecular flexibility index (Phi) is 6.74. The first-order chi connectivity index (χ1) is 8.23. The third kappa shape index (κ3) is 4.88. The summed E-state index contributed by atoms with van der Waals surface area (Å²) in [7, 11) is 0.